The third-order valence-corrected chi connectivity index (χ3v) is 1.32. The average molecular weight is 175 g/mol. The first-order valence-electron chi connectivity index (χ1n) is 3.17. The molecule has 0 fully saturated rings. The average Bonchev–Trinajstić information content (AvgIpc) is 2.03. The van der Waals surface area contributed by atoms with E-state index in [9.17, 15) is 13.2 Å². The van der Waals surface area contributed by atoms with Gasteiger partial charge in [-0.2, -0.15) is 13.2 Å². The highest BCUT2D eigenvalue weighted by molar-refractivity contribution is 5.28. The van der Waals surface area contributed by atoms with Gasteiger partial charge in [0.05, 0.1) is 12.7 Å². The van der Waals surface area contributed by atoms with Crippen LogP contribution in [0.5, 0.6) is 5.75 Å². The molecule has 0 unspecified atom stereocenters. The molecule has 65 valence electrons. The van der Waals surface area contributed by atoms with Gasteiger partial charge < -0.3 is 4.74 Å². The lowest BCUT2D eigenvalue weighted by Crippen LogP contribution is -2.04. The van der Waals surface area contributed by atoms with Crippen LogP contribution in [0.2, 0.25) is 0 Å². The zero-order valence-corrected chi connectivity index (χ0v) is 6.27. The molecule has 0 bridgehead atoms. The summed E-state index contributed by atoms with van der Waals surface area (Å²) < 4.78 is 40.7. The summed E-state index contributed by atoms with van der Waals surface area (Å²) in [4.78, 5) is 0. The van der Waals surface area contributed by atoms with Gasteiger partial charge in [0.2, 0.25) is 0 Å². The molecule has 0 aliphatic heterocycles. The van der Waals surface area contributed by atoms with Gasteiger partial charge in [-0.25, -0.2) is 0 Å². The molecule has 1 aromatic rings. The highest BCUT2D eigenvalue weighted by atomic mass is 19.4. The smallest absolute Gasteiger partial charge is 0.416 e. The Hall–Kier alpha value is -1.19. The number of ether oxygens (including phenoxy) is 1. The maximum absolute atomic E-state index is 12.0. The van der Waals surface area contributed by atoms with E-state index >= 15 is 0 Å². The molecule has 0 heterocycles. The van der Waals surface area contributed by atoms with E-state index in [4.69, 9.17) is 0 Å². The Morgan fingerprint density at radius 2 is 2.08 bits per heavy atom. The van der Waals surface area contributed by atoms with Gasteiger partial charge in [0, 0.05) is 6.07 Å². The second-order valence-electron chi connectivity index (χ2n) is 2.14. The van der Waals surface area contributed by atoms with E-state index in [2.05, 4.69) is 10.8 Å². The first-order valence-corrected chi connectivity index (χ1v) is 3.17. The molecule has 0 spiro atoms. The molecule has 1 rings (SSSR count). The SMILES string of the molecule is COc1[c]ccc(C(F)(F)F)c1. The van der Waals surface area contributed by atoms with Crippen molar-refractivity contribution in [2.45, 2.75) is 6.18 Å². The standard InChI is InChI=1S/C8H6F3O/c1-12-7-4-2-3-6(5-7)8(9,10)11/h2-3,5H,1H3. The van der Waals surface area contributed by atoms with Crippen LogP contribution in [-0.2, 0) is 6.18 Å². The quantitative estimate of drug-likeness (QED) is 0.637. The molecule has 1 nitrogen and oxygen atoms in total. The Morgan fingerprint density at radius 1 is 1.42 bits per heavy atom. The van der Waals surface area contributed by atoms with E-state index in [0.717, 1.165) is 12.1 Å². The maximum Gasteiger partial charge on any atom is 0.416 e. The van der Waals surface area contributed by atoms with E-state index < -0.39 is 11.7 Å². The van der Waals surface area contributed by atoms with Crippen LogP contribution in [0.25, 0.3) is 0 Å². The number of halogens is 3. The normalized spacial score (nSPS) is 11.3. The van der Waals surface area contributed by atoms with Crippen molar-refractivity contribution in [3.8, 4) is 5.75 Å². The van der Waals surface area contributed by atoms with Crippen LogP contribution in [0, 0.1) is 6.07 Å². The fourth-order valence-corrected chi connectivity index (χ4v) is 0.739. The molecular formula is C8H6F3O. The Kier molecular flexibility index (Phi) is 2.26. The first kappa shape index (κ1) is 8.90. The van der Waals surface area contributed by atoms with Crippen LogP contribution in [-0.4, -0.2) is 7.11 Å². The van der Waals surface area contributed by atoms with Gasteiger partial charge in [-0.15, -0.1) is 0 Å². The lowest BCUT2D eigenvalue weighted by Gasteiger charge is -2.06. The van der Waals surface area contributed by atoms with Crippen molar-refractivity contribution in [3.05, 3.63) is 29.8 Å². The minimum Gasteiger partial charge on any atom is -0.496 e. The summed E-state index contributed by atoms with van der Waals surface area (Å²) in [5.41, 5.74) is -0.724. The van der Waals surface area contributed by atoms with Crippen molar-refractivity contribution in [3.63, 3.8) is 0 Å². The Morgan fingerprint density at radius 3 is 2.58 bits per heavy atom. The Balaban J connectivity index is 3.02. The number of alkyl halides is 3. The summed E-state index contributed by atoms with van der Waals surface area (Å²) in [6, 6.07) is 5.54. The van der Waals surface area contributed by atoms with Gasteiger partial charge in [-0.1, -0.05) is 0 Å². The molecule has 0 aliphatic carbocycles. The van der Waals surface area contributed by atoms with Crippen molar-refractivity contribution >= 4 is 0 Å². The molecule has 4 heteroatoms. The molecule has 0 N–H and O–H groups in total. The summed E-state index contributed by atoms with van der Waals surface area (Å²) >= 11 is 0. The molecule has 0 saturated heterocycles. The molecule has 0 aromatic heterocycles. The molecule has 0 saturated carbocycles. The zero-order valence-electron chi connectivity index (χ0n) is 6.27. The molecule has 1 aromatic carbocycles. The van der Waals surface area contributed by atoms with E-state index in [1.54, 1.807) is 0 Å². The third-order valence-electron chi connectivity index (χ3n) is 1.32. The second-order valence-corrected chi connectivity index (χ2v) is 2.14. The molecule has 0 aliphatic rings. The number of hydrogen-bond donors (Lipinski definition) is 0. The van der Waals surface area contributed by atoms with Crippen LogP contribution in [0.15, 0.2) is 18.2 Å². The van der Waals surface area contributed by atoms with Gasteiger partial charge in [0.1, 0.15) is 5.75 Å². The molecular weight excluding hydrogens is 169 g/mol. The monoisotopic (exact) mass is 175 g/mol. The van der Waals surface area contributed by atoms with Crippen LogP contribution in [0.4, 0.5) is 13.2 Å². The fourth-order valence-electron chi connectivity index (χ4n) is 0.739. The van der Waals surface area contributed by atoms with Gasteiger partial charge in [-0.05, 0) is 18.2 Å². The van der Waals surface area contributed by atoms with Crippen LogP contribution in [0.1, 0.15) is 5.56 Å². The lowest BCUT2D eigenvalue weighted by molar-refractivity contribution is -0.137. The third kappa shape index (κ3) is 1.90. The summed E-state index contributed by atoms with van der Waals surface area (Å²) in [5, 5.41) is 0. The van der Waals surface area contributed by atoms with Crippen molar-refractivity contribution < 1.29 is 17.9 Å². The molecule has 0 atom stereocenters. The number of benzene rings is 1. The summed E-state index contributed by atoms with van der Waals surface area (Å²) in [7, 11) is 1.30. The highest BCUT2D eigenvalue weighted by Crippen LogP contribution is 2.30. The topological polar surface area (TPSA) is 9.23 Å². The minimum atomic E-state index is -4.32. The molecule has 12 heavy (non-hydrogen) atoms. The van der Waals surface area contributed by atoms with Crippen LogP contribution in [0.3, 0.4) is 0 Å². The van der Waals surface area contributed by atoms with Crippen LogP contribution >= 0.6 is 0 Å². The largest absolute Gasteiger partial charge is 0.496 e. The predicted molar refractivity (Wildman–Crippen MR) is 36.8 cm³/mol. The van der Waals surface area contributed by atoms with E-state index in [0.29, 0.717) is 0 Å². The number of rotatable bonds is 1. The van der Waals surface area contributed by atoms with E-state index in [1.807, 2.05) is 0 Å². The maximum atomic E-state index is 12.0. The second kappa shape index (κ2) is 3.05. The fraction of sp³-hybridized carbons (Fsp3) is 0.250. The lowest BCUT2D eigenvalue weighted by atomic mass is 10.2. The van der Waals surface area contributed by atoms with E-state index in [1.165, 1.54) is 13.2 Å². The Bertz CT molecular complexity index is 267. The van der Waals surface area contributed by atoms with Gasteiger partial charge in [0.25, 0.3) is 0 Å². The Labute approximate surface area is 67.8 Å². The molecule has 0 amide bonds. The highest BCUT2D eigenvalue weighted by Gasteiger charge is 2.30. The van der Waals surface area contributed by atoms with Gasteiger partial charge in [-0.3, -0.25) is 0 Å². The van der Waals surface area contributed by atoms with Crippen molar-refractivity contribution in [2.75, 3.05) is 7.11 Å². The van der Waals surface area contributed by atoms with Gasteiger partial charge >= 0.3 is 6.18 Å². The summed E-state index contributed by atoms with van der Waals surface area (Å²) in [6.07, 6.45) is -4.32. The summed E-state index contributed by atoms with van der Waals surface area (Å²) in [5.74, 6) is 0.0878. The minimum absolute atomic E-state index is 0.0878. The van der Waals surface area contributed by atoms with Crippen LogP contribution < -0.4 is 4.74 Å². The molecule has 1 radical (unpaired) electrons. The van der Waals surface area contributed by atoms with Crippen molar-refractivity contribution in [1.29, 1.82) is 0 Å². The van der Waals surface area contributed by atoms with Crippen molar-refractivity contribution in [2.24, 2.45) is 0 Å². The van der Waals surface area contributed by atoms with E-state index in [-0.39, 0.29) is 5.75 Å². The number of hydrogen-bond acceptors (Lipinski definition) is 1. The zero-order chi connectivity index (χ0) is 9.19. The van der Waals surface area contributed by atoms with Crippen molar-refractivity contribution in [1.82, 2.24) is 0 Å². The summed E-state index contributed by atoms with van der Waals surface area (Å²) in [6.45, 7) is 0. The predicted octanol–water partition coefficient (Wildman–Crippen LogP) is 2.51. The number of methoxy groups -OCH3 is 1. The first-order chi connectivity index (χ1) is 5.54. The van der Waals surface area contributed by atoms with Gasteiger partial charge in [0.15, 0.2) is 0 Å².